The molecule has 6 nitrogen and oxygen atoms in total. The summed E-state index contributed by atoms with van der Waals surface area (Å²) in [7, 11) is 0. The molecule has 0 unspecified atom stereocenters. The third-order valence-electron chi connectivity index (χ3n) is 4.35. The molecule has 5 N–H and O–H groups in total. The van der Waals surface area contributed by atoms with Gasteiger partial charge in [0.25, 0.3) is 0 Å². The SMILES string of the molecule is N[C@H](Cc1ccccc1)C(=O)N[C@@H](Cc1c[nH]c2ccccc12)C(=O)O. The Kier molecular flexibility index (Phi) is 5.34. The number of fused-ring (bicyclic) bond motifs is 1. The first-order valence-corrected chi connectivity index (χ1v) is 8.42. The van der Waals surface area contributed by atoms with Gasteiger partial charge in [0.15, 0.2) is 0 Å². The maximum Gasteiger partial charge on any atom is 0.326 e. The van der Waals surface area contributed by atoms with Gasteiger partial charge in [0, 0.05) is 23.5 Å². The van der Waals surface area contributed by atoms with E-state index in [1.54, 1.807) is 6.20 Å². The Morgan fingerprint density at radius 2 is 1.73 bits per heavy atom. The molecule has 2 aromatic carbocycles. The lowest BCUT2D eigenvalue weighted by Gasteiger charge is -2.18. The second-order valence-electron chi connectivity index (χ2n) is 6.26. The molecule has 0 aliphatic heterocycles. The molecule has 0 spiro atoms. The van der Waals surface area contributed by atoms with Crippen LogP contribution in [0.3, 0.4) is 0 Å². The lowest BCUT2D eigenvalue weighted by atomic mass is 10.0. The Morgan fingerprint density at radius 1 is 1.04 bits per heavy atom. The maximum atomic E-state index is 12.3. The van der Waals surface area contributed by atoms with Crippen molar-refractivity contribution < 1.29 is 14.7 Å². The molecule has 0 saturated heterocycles. The number of carboxylic acids is 1. The summed E-state index contributed by atoms with van der Waals surface area (Å²) in [5.74, 6) is -1.56. The van der Waals surface area contributed by atoms with Gasteiger partial charge in [0.2, 0.25) is 5.91 Å². The Labute approximate surface area is 151 Å². The van der Waals surface area contributed by atoms with Crippen LogP contribution in [-0.2, 0) is 22.4 Å². The van der Waals surface area contributed by atoms with E-state index < -0.39 is 24.0 Å². The highest BCUT2D eigenvalue weighted by Gasteiger charge is 2.24. The van der Waals surface area contributed by atoms with Crippen molar-refractivity contribution in [3.8, 4) is 0 Å². The summed E-state index contributed by atoms with van der Waals surface area (Å²) >= 11 is 0. The highest BCUT2D eigenvalue weighted by Crippen LogP contribution is 2.19. The first-order chi connectivity index (χ1) is 12.5. The molecule has 3 rings (SSSR count). The van der Waals surface area contributed by atoms with Crippen LogP contribution in [0.25, 0.3) is 10.9 Å². The van der Waals surface area contributed by atoms with Gasteiger partial charge in [-0.25, -0.2) is 4.79 Å². The molecule has 134 valence electrons. The van der Waals surface area contributed by atoms with E-state index in [0.717, 1.165) is 22.0 Å². The van der Waals surface area contributed by atoms with E-state index in [1.165, 1.54) is 0 Å². The molecule has 0 aliphatic rings. The van der Waals surface area contributed by atoms with Crippen molar-refractivity contribution in [2.24, 2.45) is 5.73 Å². The number of carbonyl (C=O) groups is 2. The molecule has 0 saturated carbocycles. The molecule has 0 radical (unpaired) electrons. The van der Waals surface area contributed by atoms with Crippen LogP contribution < -0.4 is 11.1 Å². The van der Waals surface area contributed by atoms with Crippen LogP contribution in [0, 0.1) is 0 Å². The molecule has 1 heterocycles. The van der Waals surface area contributed by atoms with Crippen LogP contribution in [0.1, 0.15) is 11.1 Å². The average molecular weight is 351 g/mol. The summed E-state index contributed by atoms with van der Waals surface area (Å²) in [6.07, 6.45) is 2.31. The Hall–Kier alpha value is -3.12. The molecule has 0 bridgehead atoms. The van der Waals surface area contributed by atoms with Gasteiger partial charge < -0.3 is 21.1 Å². The van der Waals surface area contributed by atoms with Gasteiger partial charge in [-0.3, -0.25) is 4.79 Å². The number of nitrogens with two attached hydrogens (primary N) is 1. The van der Waals surface area contributed by atoms with Crippen molar-refractivity contribution in [1.29, 1.82) is 0 Å². The average Bonchev–Trinajstić information content (AvgIpc) is 3.05. The van der Waals surface area contributed by atoms with E-state index in [2.05, 4.69) is 10.3 Å². The zero-order valence-corrected chi connectivity index (χ0v) is 14.2. The van der Waals surface area contributed by atoms with Crippen molar-refractivity contribution in [3.63, 3.8) is 0 Å². The number of benzene rings is 2. The quantitative estimate of drug-likeness (QED) is 0.521. The van der Waals surface area contributed by atoms with E-state index in [0.29, 0.717) is 6.42 Å². The minimum atomic E-state index is -1.09. The zero-order valence-electron chi connectivity index (χ0n) is 14.2. The number of aliphatic carboxylic acids is 1. The van der Waals surface area contributed by atoms with Crippen LogP contribution in [0.5, 0.6) is 0 Å². The summed E-state index contributed by atoms with van der Waals surface area (Å²) in [5, 5.41) is 13.0. The summed E-state index contributed by atoms with van der Waals surface area (Å²) in [6, 6.07) is 15.2. The number of hydrogen-bond donors (Lipinski definition) is 4. The van der Waals surface area contributed by atoms with Gasteiger partial charge in [-0.2, -0.15) is 0 Å². The third kappa shape index (κ3) is 4.10. The maximum absolute atomic E-state index is 12.3. The molecule has 0 fully saturated rings. The van der Waals surface area contributed by atoms with Crippen molar-refractivity contribution in [1.82, 2.24) is 10.3 Å². The fourth-order valence-corrected chi connectivity index (χ4v) is 2.96. The molecule has 26 heavy (non-hydrogen) atoms. The lowest BCUT2D eigenvalue weighted by Crippen LogP contribution is -2.50. The van der Waals surface area contributed by atoms with E-state index in [1.807, 2.05) is 54.6 Å². The van der Waals surface area contributed by atoms with E-state index in [9.17, 15) is 14.7 Å². The first kappa shape index (κ1) is 17.7. The van der Waals surface area contributed by atoms with Crippen LogP contribution in [0.2, 0.25) is 0 Å². The molecule has 1 aromatic heterocycles. The number of aromatic nitrogens is 1. The second-order valence-corrected chi connectivity index (χ2v) is 6.26. The number of hydrogen-bond acceptors (Lipinski definition) is 3. The third-order valence-corrected chi connectivity index (χ3v) is 4.35. The topological polar surface area (TPSA) is 108 Å². The number of para-hydroxylation sites is 1. The lowest BCUT2D eigenvalue weighted by molar-refractivity contribution is -0.141. The van der Waals surface area contributed by atoms with Gasteiger partial charge in [-0.1, -0.05) is 48.5 Å². The molecule has 6 heteroatoms. The molecule has 2 atom stereocenters. The Balaban J connectivity index is 1.68. The standard InChI is InChI=1S/C20H21N3O3/c21-16(10-13-6-2-1-3-7-13)19(24)23-18(20(25)26)11-14-12-22-17-9-5-4-8-15(14)17/h1-9,12,16,18,22H,10-11,21H2,(H,23,24)(H,25,26)/t16-,18+/m1/s1. The van der Waals surface area contributed by atoms with Gasteiger partial charge >= 0.3 is 5.97 Å². The van der Waals surface area contributed by atoms with Crippen LogP contribution in [0.4, 0.5) is 0 Å². The predicted molar refractivity (Wildman–Crippen MR) is 99.7 cm³/mol. The largest absolute Gasteiger partial charge is 0.480 e. The van der Waals surface area contributed by atoms with Crippen LogP contribution >= 0.6 is 0 Å². The zero-order chi connectivity index (χ0) is 18.5. The van der Waals surface area contributed by atoms with Crippen molar-refractivity contribution in [3.05, 3.63) is 71.9 Å². The minimum absolute atomic E-state index is 0.184. The van der Waals surface area contributed by atoms with Crippen LogP contribution in [-0.4, -0.2) is 34.1 Å². The van der Waals surface area contributed by atoms with Gasteiger partial charge in [-0.05, 0) is 23.6 Å². The van der Waals surface area contributed by atoms with Crippen molar-refractivity contribution >= 4 is 22.8 Å². The minimum Gasteiger partial charge on any atom is -0.480 e. The second kappa shape index (κ2) is 7.84. The number of rotatable bonds is 7. The number of carboxylic acid groups (broad SMARTS) is 1. The monoisotopic (exact) mass is 351 g/mol. The summed E-state index contributed by atoms with van der Waals surface area (Å²) in [4.78, 5) is 27.1. The number of H-pyrrole nitrogens is 1. The van der Waals surface area contributed by atoms with Gasteiger partial charge in [-0.15, -0.1) is 0 Å². The number of carbonyl (C=O) groups excluding carboxylic acids is 1. The normalized spacial score (nSPS) is 13.3. The van der Waals surface area contributed by atoms with Crippen LogP contribution in [0.15, 0.2) is 60.8 Å². The molecular formula is C20H21N3O3. The van der Waals surface area contributed by atoms with Gasteiger partial charge in [0.1, 0.15) is 6.04 Å². The van der Waals surface area contributed by atoms with E-state index >= 15 is 0 Å². The summed E-state index contributed by atoms with van der Waals surface area (Å²) in [6.45, 7) is 0. The highest BCUT2D eigenvalue weighted by molar-refractivity contribution is 5.88. The first-order valence-electron chi connectivity index (χ1n) is 8.42. The van der Waals surface area contributed by atoms with Crippen molar-refractivity contribution in [2.45, 2.75) is 24.9 Å². The fraction of sp³-hybridized carbons (Fsp3) is 0.200. The Bertz CT molecular complexity index is 905. The smallest absolute Gasteiger partial charge is 0.326 e. The number of amides is 1. The molecule has 1 amide bonds. The van der Waals surface area contributed by atoms with Crippen molar-refractivity contribution in [2.75, 3.05) is 0 Å². The molecule has 3 aromatic rings. The van der Waals surface area contributed by atoms with E-state index in [4.69, 9.17) is 5.73 Å². The van der Waals surface area contributed by atoms with Gasteiger partial charge in [0.05, 0.1) is 6.04 Å². The summed E-state index contributed by atoms with van der Waals surface area (Å²) < 4.78 is 0. The Morgan fingerprint density at radius 3 is 2.46 bits per heavy atom. The highest BCUT2D eigenvalue weighted by atomic mass is 16.4. The fourth-order valence-electron chi connectivity index (χ4n) is 2.96. The predicted octanol–water partition coefficient (Wildman–Crippen LogP) is 1.85. The number of aromatic amines is 1. The number of nitrogens with one attached hydrogen (secondary N) is 2. The molecular weight excluding hydrogens is 330 g/mol. The van der Waals surface area contributed by atoms with E-state index in [-0.39, 0.29) is 6.42 Å². The summed E-state index contributed by atoms with van der Waals surface area (Å²) in [5.41, 5.74) is 8.65. The molecule has 0 aliphatic carbocycles.